The minimum Gasteiger partial charge on any atom is -0.476 e. The van der Waals surface area contributed by atoms with E-state index in [0.717, 1.165) is 6.54 Å². The number of aromatic nitrogens is 1. The van der Waals surface area contributed by atoms with E-state index in [2.05, 4.69) is 30.8 Å². The number of hydrogen-bond acceptors (Lipinski definition) is 4. The smallest absolute Gasteiger partial charge is 0.358 e. The van der Waals surface area contributed by atoms with E-state index in [1.807, 2.05) is 7.05 Å². The second kappa shape index (κ2) is 4.65. The Morgan fingerprint density at radius 3 is 2.62 bits per heavy atom. The average molecular weight is 226 g/mol. The molecular weight excluding hydrogens is 208 g/mol. The van der Waals surface area contributed by atoms with Crippen molar-refractivity contribution in [2.24, 2.45) is 5.41 Å². The van der Waals surface area contributed by atoms with Gasteiger partial charge in [0.25, 0.3) is 0 Å². The summed E-state index contributed by atoms with van der Waals surface area (Å²) in [7, 11) is 1.97. The summed E-state index contributed by atoms with van der Waals surface area (Å²) in [6.07, 6.45) is 0. The van der Waals surface area contributed by atoms with Crippen LogP contribution in [-0.2, 0) is 6.54 Å². The van der Waals surface area contributed by atoms with Gasteiger partial charge < -0.3 is 9.63 Å². The zero-order chi connectivity index (χ0) is 12.3. The van der Waals surface area contributed by atoms with Gasteiger partial charge in [-0.25, -0.2) is 4.79 Å². The highest BCUT2D eigenvalue weighted by molar-refractivity contribution is 5.85. The Bertz CT molecular complexity index is 366. The number of aromatic carboxylic acids is 1. The lowest BCUT2D eigenvalue weighted by Gasteiger charge is -2.25. The van der Waals surface area contributed by atoms with Crippen LogP contribution < -0.4 is 0 Å². The summed E-state index contributed by atoms with van der Waals surface area (Å²) in [4.78, 5) is 12.7. The first-order chi connectivity index (χ1) is 7.28. The SMILES string of the molecule is CN(Cc1cc(C(=O)O)no1)CC(C)(C)C. The summed E-state index contributed by atoms with van der Waals surface area (Å²) in [5, 5.41) is 12.1. The number of nitrogens with zero attached hydrogens (tertiary/aromatic N) is 2. The van der Waals surface area contributed by atoms with Gasteiger partial charge >= 0.3 is 5.97 Å². The minimum absolute atomic E-state index is 0.0424. The van der Waals surface area contributed by atoms with Crippen molar-refractivity contribution in [1.82, 2.24) is 10.1 Å². The van der Waals surface area contributed by atoms with E-state index >= 15 is 0 Å². The molecule has 5 nitrogen and oxygen atoms in total. The summed E-state index contributed by atoms with van der Waals surface area (Å²) >= 11 is 0. The molecule has 0 atom stereocenters. The number of carbonyl (C=O) groups is 1. The zero-order valence-electron chi connectivity index (χ0n) is 10.1. The van der Waals surface area contributed by atoms with Crippen molar-refractivity contribution in [2.75, 3.05) is 13.6 Å². The fourth-order valence-electron chi connectivity index (χ4n) is 1.62. The van der Waals surface area contributed by atoms with E-state index in [1.54, 1.807) is 0 Å². The lowest BCUT2D eigenvalue weighted by molar-refractivity contribution is 0.0685. The van der Waals surface area contributed by atoms with E-state index in [9.17, 15) is 4.79 Å². The topological polar surface area (TPSA) is 66.6 Å². The molecule has 0 saturated heterocycles. The predicted octanol–water partition coefficient (Wildman–Crippen LogP) is 1.85. The third-order valence-corrected chi connectivity index (χ3v) is 1.95. The van der Waals surface area contributed by atoms with Crippen molar-refractivity contribution >= 4 is 5.97 Å². The molecule has 0 aliphatic rings. The zero-order valence-corrected chi connectivity index (χ0v) is 10.1. The van der Waals surface area contributed by atoms with Crippen molar-refractivity contribution in [2.45, 2.75) is 27.3 Å². The predicted molar refractivity (Wildman–Crippen MR) is 59.3 cm³/mol. The highest BCUT2D eigenvalue weighted by Gasteiger charge is 2.16. The van der Waals surface area contributed by atoms with Crippen LogP contribution in [-0.4, -0.2) is 34.7 Å². The van der Waals surface area contributed by atoms with Gasteiger partial charge in [-0.15, -0.1) is 0 Å². The molecule has 0 aliphatic carbocycles. The van der Waals surface area contributed by atoms with Crippen molar-refractivity contribution in [1.29, 1.82) is 0 Å². The highest BCUT2D eigenvalue weighted by Crippen LogP contribution is 2.16. The summed E-state index contributed by atoms with van der Waals surface area (Å²) < 4.78 is 4.94. The molecule has 0 spiro atoms. The molecule has 0 aliphatic heterocycles. The van der Waals surface area contributed by atoms with Crippen LogP contribution in [0, 0.1) is 5.41 Å². The van der Waals surface area contributed by atoms with Crippen LogP contribution in [0.5, 0.6) is 0 Å². The van der Waals surface area contributed by atoms with Crippen molar-refractivity contribution in [3.8, 4) is 0 Å². The van der Waals surface area contributed by atoms with Gasteiger partial charge in [0.15, 0.2) is 11.5 Å². The Kier molecular flexibility index (Phi) is 3.70. The molecule has 0 amide bonds. The molecule has 0 saturated carbocycles. The number of carboxylic acid groups (broad SMARTS) is 1. The summed E-state index contributed by atoms with van der Waals surface area (Å²) in [5.74, 6) is -0.488. The molecule has 5 heteroatoms. The number of carboxylic acids is 1. The first-order valence-electron chi connectivity index (χ1n) is 5.15. The van der Waals surface area contributed by atoms with Gasteiger partial charge in [-0.05, 0) is 12.5 Å². The largest absolute Gasteiger partial charge is 0.476 e. The molecule has 1 heterocycles. The van der Waals surface area contributed by atoms with Crippen LogP contribution in [0.3, 0.4) is 0 Å². The summed E-state index contributed by atoms with van der Waals surface area (Å²) in [6, 6.07) is 1.46. The van der Waals surface area contributed by atoms with Crippen LogP contribution >= 0.6 is 0 Å². The lowest BCUT2D eigenvalue weighted by atomic mass is 9.96. The second-order valence-electron chi connectivity index (χ2n) is 5.22. The van der Waals surface area contributed by atoms with Gasteiger partial charge in [0, 0.05) is 12.6 Å². The van der Waals surface area contributed by atoms with Gasteiger partial charge in [-0.3, -0.25) is 4.90 Å². The quantitative estimate of drug-likeness (QED) is 0.848. The normalized spacial score (nSPS) is 12.1. The molecule has 0 bridgehead atoms. The monoisotopic (exact) mass is 226 g/mol. The Hall–Kier alpha value is -1.36. The van der Waals surface area contributed by atoms with Gasteiger partial charge in [0.2, 0.25) is 0 Å². The summed E-state index contributed by atoms with van der Waals surface area (Å²) in [6.45, 7) is 7.90. The minimum atomic E-state index is -1.06. The Labute approximate surface area is 95.0 Å². The highest BCUT2D eigenvalue weighted by atomic mass is 16.5. The van der Waals surface area contributed by atoms with Crippen molar-refractivity contribution < 1.29 is 14.4 Å². The number of rotatable bonds is 4. The molecule has 0 fully saturated rings. The third-order valence-electron chi connectivity index (χ3n) is 1.95. The maximum atomic E-state index is 10.6. The van der Waals surface area contributed by atoms with Crippen LogP contribution in [0.1, 0.15) is 37.0 Å². The van der Waals surface area contributed by atoms with Gasteiger partial charge in [-0.1, -0.05) is 25.9 Å². The van der Waals surface area contributed by atoms with E-state index in [4.69, 9.17) is 9.63 Å². The Morgan fingerprint density at radius 2 is 2.19 bits per heavy atom. The molecule has 0 aromatic carbocycles. The van der Waals surface area contributed by atoms with Crippen LogP contribution in [0.25, 0.3) is 0 Å². The maximum Gasteiger partial charge on any atom is 0.358 e. The fraction of sp³-hybridized carbons (Fsp3) is 0.636. The van der Waals surface area contributed by atoms with Crippen LogP contribution in [0.2, 0.25) is 0 Å². The standard InChI is InChI=1S/C11H18N2O3/c1-11(2,3)7-13(4)6-8-5-9(10(14)15)12-16-8/h5H,6-7H2,1-4H3,(H,14,15). The molecule has 0 unspecified atom stereocenters. The van der Waals surface area contributed by atoms with Gasteiger partial charge in [0.05, 0.1) is 6.54 Å². The van der Waals surface area contributed by atoms with E-state index in [0.29, 0.717) is 12.3 Å². The first-order valence-corrected chi connectivity index (χ1v) is 5.15. The lowest BCUT2D eigenvalue weighted by Crippen LogP contribution is -2.28. The second-order valence-corrected chi connectivity index (χ2v) is 5.22. The van der Waals surface area contributed by atoms with Gasteiger partial charge in [-0.2, -0.15) is 0 Å². The van der Waals surface area contributed by atoms with E-state index in [1.165, 1.54) is 6.07 Å². The number of hydrogen-bond donors (Lipinski definition) is 1. The third kappa shape index (κ3) is 4.02. The van der Waals surface area contributed by atoms with Gasteiger partial charge in [0.1, 0.15) is 0 Å². The molecule has 0 radical (unpaired) electrons. The molecule has 90 valence electrons. The van der Waals surface area contributed by atoms with Crippen molar-refractivity contribution in [3.05, 3.63) is 17.5 Å². The molecule has 1 aromatic rings. The molecule has 1 N–H and O–H groups in total. The maximum absolute atomic E-state index is 10.6. The Morgan fingerprint density at radius 1 is 1.56 bits per heavy atom. The fourth-order valence-corrected chi connectivity index (χ4v) is 1.62. The molecule has 16 heavy (non-hydrogen) atoms. The van der Waals surface area contributed by atoms with E-state index < -0.39 is 5.97 Å². The first kappa shape index (κ1) is 12.7. The average Bonchev–Trinajstić information content (AvgIpc) is 2.48. The Balaban J connectivity index is 2.56. The van der Waals surface area contributed by atoms with E-state index in [-0.39, 0.29) is 11.1 Å². The van der Waals surface area contributed by atoms with Crippen LogP contribution in [0.15, 0.2) is 10.6 Å². The molecular formula is C11H18N2O3. The molecule has 1 aromatic heterocycles. The molecule has 1 rings (SSSR count). The van der Waals surface area contributed by atoms with Crippen LogP contribution in [0.4, 0.5) is 0 Å². The van der Waals surface area contributed by atoms with Crippen molar-refractivity contribution in [3.63, 3.8) is 0 Å². The summed E-state index contributed by atoms with van der Waals surface area (Å²) in [5.41, 5.74) is 0.156.